The Morgan fingerprint density at radius 1 is 0.906 bits per heavy atom. The van der Waals surface area contributed by atoms with Gasteiger partial charge in [-0.3, -0.25) is 4.79 Å². The molecule has 0 unspecified atom stereocenters. The number of carbonyl (C=O) groups is 1. The highest BCUT2D eigenvalue weighted by Crippen LogP contribution is 2.32. The SMILES string of the molecule is COc1ccc(Nc2[nH]c(C(=O)c3ccccc3)c(N)c2C(=S)Nc2ccccc2)cc1. The van der Waals surface area contributed by atoms with Gasteiger partial charge < -0.3 is 26.1 Å². The summed E-state index contributed by atoms with van der Waals surface area (Å²) in [5, 5.41) is 6.48. The Bertz CT molecular complexity index is 1240. The number of aromatic nitrogens is 1. The summed E-state index contributed by atoms with van der Waals surface area (Å²) in [5.41, 5.74) is 9.68. The molecule has 0 aliphatic rings. The second-order valence-corrected chi connectivity index (χ2v) is 7.44. The zero-order chi connectivity index (χ0) is 22.5. The highest BCUT2D eigenvalue weighted by atomic mass is 32.1. The lowest BCUT2D eigenvalue weighted by molar-refractivity contribution is 0.103. The van der Waals surface area contributed by atoms with Crippen molar-refractivity contribution in [1.82, 2.24) is 4.98 Å². The minimum absolute atomic E-state index is 0.213. The van der Waals surface area contributed by atoms with Gasteiger partial charge in [0.25, 0.3) is 0 Å². The Balaban J connectivity index is 1.73. The fourth-order valence-electron chi connectivity index (χ4n) is 3.29. The third-order valence-electron chi connectivity index (χ3n) is 4.92. The van der Waals surface area contributed by atoms with Crippen LogP contribution in [-0.2, 0) is 0 Å². The first kappa shape index (κ1) is 21.1. The topological polar surface area (TPSA) is 92.2 Å². The summed E-state index contributed by atoms with van der Waals surface area (Å²) in [6, 6.07) is 25.9. The van der Waals surface area contributed by atoms with E-state index in [1.807, 2.05) is 72.8 Å². The summed E-state index contributed by atoms with van der Waals surface area (Å²) in [7, 11) is 1.61. The fourth-order valence-corrected chi connectivity index (χ4v) is 3.62. The summed E-state index contributed by atoms with van der Waals surface area (Å²) >= 11 is 5.67. The van der Waals surface area contributed by atoms with Crippen LogP contribution in [0.2, 0.25) is 0 Å². The first-order valence-corrected chi connectivity index (χ1v) is 10.4. The summed E-state index contributed by atoms with van der Waals surface area (Å²) in [6.45, 7) is 0. The minimum atomic E-state index is -0.213. The largest absolute Gasteiger partial charge is 0.497 e. The van der Waals surface area contributed by atoms with E-state index in [9.17, 15) is 4.79 Å². The molecule has 0 aliphatic heterocycles. The number of benzene rings is 3. The zero-order valence-corrected chi connectivity index (χ0v) is 18.2. The van der Waals surface area contributed by atoms with Gasteiger partial charge in [0.05, 0.1) is 18.4 Å². The molecule has 0 amide bonds. The molecule has 4 aromatic rings. The maximum absolute atomic E-state index is 13.1. The maximum Gasteiger partial charge on any atom is 0.211 e. The van der Waals surface area contributed by atoms with Gasteiger partial charge in [0.1, 0.15) is 22.2 Å². The van der Waals surface area contributed by atoms with E-state index in [1.54, 1.807) is 19.2 Å². The van der Waals surface area contributed by atoms with Gasteiger partial charge >= 0.3 is 0 Å². The van der Waals surface area contributed by atoms with Crippen LogP contribution in [-0.4, -0.2) is 22.9 Å². The number of methoxy groups -OCH3 is 1. The standard InChI is InChI=1S/C25H22N4O2S/c1-31-19-14-12-18(13-15-19)27-24-20(25(32)28-17-10-6-3-7-11-17)21(26)22(29-24)23(30)16-8-4-2-5-9-16/h2-15,27,29H,26H2,1H3,(H,28,32). The Kier molecular flexibility index (Phi) is 6.19. The number of ketones is 1. The van der Waals surface area contributed by atoms with E-state index in [1.165, 1.54) is 0 Å². The van der Waals surface area contributed by atoms with Gasteiger partial charge in [0.15, 0.2) is 0 Å². The number of anilines is 4. The van der Waals surface area contributed by atoms with Gasteiger partial charge in [-0.15, -0.1) is 0 Å². The van der Waals surface area contributed by atoms with Gasteiger partial charge in [-0.2, -0.15) is 0 Å². The van der Waals surface area contributed by atoms with Crippen LogP contribution < -0.4 is 21.1 Å². The molecule has 0 saturated carbocycles. The highest BCUT2D eigenvalue weighted by molar-refractivity contribution is 7.81. The molecule has 0 saturated heterocycles. The molecule has 7 heteroatoms. The Labute approximate surface area is 191 Å². The predicted octanol–water partition coefficient (Wildman–Crippen LogP) is 5.37. The summed E-state index contributed by atoms with van der Waals surface area (Å²) in [4.78, 5) is 16.7. The van der Waals surface area contributed by atoms with Gasteiger partial charge in [-0.05, 0) is 36.4 Å². The molecule has 32 heavy (non-hydrogen) atoms. The van der Waals surface area contributed by atoms with Crippen LogP contribution in [0.1, 0.15) is 21.6 Å². The molecule has 0 atom stereocenters. The Hall–Kier alpha value is -4.10. The van der Waals surface area contributed by atoms with Crippen molar-refractivity contribution in [3.63, 3.8) is 0 Å². The molecule has 0 radical (unpaired) electrons. The van der Waals surface area contributed by atoms with Crippen LogP contribution in [0.3, 0.4) is 0 Å². The third kappa shape index (κ3) is 4.48. The van der Waals surface area contributed by atoms with Crippen molar-refractivity contribution in [2.24, 2.45) is 0 Å². The molecule has 0 fully saturated rings. The first-order valence-electron chi connectivity index (χ1n) is 9.95. The summed E-state index contributed by atoms with van der Waals surface area (Å²) in [6.07, 6.45) is 0. The third-order valence-corrected chi connectivity index (χ3v) is 5.23. The first-order chi connectivity index (χ1) is 15.6. The van der Waals surface area contributed by atoms with Crippen molar-refractivity contribution in [2.75, 3.05) is 23.5 Å². The van der Waals surface area contributed by atoms with Crippen LogP contribution in [0.15, 0.2) is 84.9 Å². The van der Waals surface area contributed by atoms with Crippen molar-refractivity contribution in [1.29, 1.82) is 0 Å². The molecule has 5 N–H and O–H groups in total. The summed E-state index contributed by atoms with van der Waals surface area (Å²) < 4.78 is 5.22. The van der Waals surface area contributed by atoms with E-state index < -0.39 is 0 Å². The number of rotatable bonds is 7. The number of ether oxygens (including phenoxy) is 1. The molecule has 6 nitrogen and oxygen atoms in total. The zero-order valence-electron chi connectivity index (χ0n) is 17.4. The van der Waals surface area contributed by atoms with E-state index in [-0.39, 0.29) is 17.2 Å². The predicted molar refractivity (Wildman–Crippen MR) is 133 cm³/mol. The number of hydrogen-bond acceptors (Lipinski definition) is 5. The van der Waals surface area contributed by atoms with Crippen LogP contribution in [0.25, 0.3) is 0 Å². The number of thiocarbonyl (C=S) groups is 1. The number of aromatic amines is 1. The van der Waals surface area contributed by atoms with E-state index in [4.69, 9.17) is 22.7 Å². The van der Waals surface area contributed by atoms with Gasteiger partial charge in [-0.1, -0.05) is 60.7 Å². The maximum atomic E-state index is 13.1. The fraction of sp³-hybridized carbons (Fsp3) is 0.0400. The molecule has 0 aliphatic carbocycles. The number of nitrogens with two attached hydrogens (primary N) is 1. The van der Waals surface area contributed by atoms with Gasteiger partial charge in [-0.25, -0.2) is 0 Å². The van der Waals surface area contributed by atoms with E-state index in [0.29, 0.717) is 21.9 Å². The van der Waals surface area contributed by atoms with E-state index in [0.717, 1.165) is 17.1 Å². The lowest BCUT2D eigenvalue weighted by atomic mass is 10.1. The Morgan fingerprint density at radius 2 is 1.53 bits per heavy atom. The molecule has 4 rings (SSSR count). The van der Waals surface area contributed by atoms with Crippen molar-refractivity contribution < 1.29 is 9.53 Å². The number of nitrogen functional groups attached to an aromatic ring is 1. The molecule has 1 aromatic heterocycles. The number of hydrogen-bond donors (Lipinski definition) is 4. The molecular weight excluding hydrogens is 420 g/mol. The van der Waals surface area contributed by atoms with Crippen LogP contribution in [0.4, 0.5) is 22.9 Å². The van der Waals surface area contributed by atoms with E-state index in [2.05, 4.69) is 15.6 Å². The number of nitrogens with one attached hydrogen (secondary N) is 3. The van der Waals surface area contributed by atoms with Gasteiger partial charge in [0, 0.05) is 16.9 Å². The summed E-state index contributed by atoms with van der Waals surface area (Å²) in [5.74, 6) is 1.05. The second-order valence-electron chi connectivity index (χ2n) is 7.03. The van der Waals surface area contributed by atoms with Crippen LogP contribution in [0, 0.1) is 0 Å². The van der Waals surface area contributed by atoms with Crippen LogP contribution in [0.5, 0.6) is 5.75 Å². The lowest BCUT2D eigenvalue weighted by Crippen LogP contribution is -2.14. The number of carbonyl (C=O) groups excluding carboxylic acids is 1. The van der Waals surface area contributed by atoms with Crippen molar-refractivity contribution >= 4 is 45.9 Å². The second kappa shape index (κ2) is 9.36. The average molecular weight is 443 g/mol. The molecule has 0 bridgehead atoms. The highest BCUT2D eigenvalue weighted by Gasteiger charge is 2.24. The Morgan fingerprint density at radius 3 is 2.16 bits per heavy atom. The van der Waals surface area contributed by atoms with Gasteiger partial charge in [0.2, 0.25) is 5.78 Å². The van der Waals surface area contributed by atoms with Crippen molar-refractivity contribution in [3.05, 3.63) is 102 Å². The number of para-hydroxylation sites is 1. The van der Waals surface area contributed by atoms with Crippen molar-refractivity contribution in [2.45, 2.75) is 0 Å². The lowest BCUT2D eigenvalue weighted by Gasteiger charge is -2.12. The molecule has 3 aromatic carbocycles. The average Bonchev–Trinajstić information content (AvgIpc) is 3.16. The molecule has 160 valence electrons. The van der Waals surface area contributed by atoms with E-state index >= 15 is 0 Å². The van der Waals surface area contributed by atoms with Crippen LogP contribution >= 0.6 is 12.2 Å². The molecular formula is C25H22N4O2S. The number of H-pyrrole nitrogens is 1. The monoisotopic (exact) mass is 442 g/mol. The molecule has 0 spiro atoms. The van der Waals surface area contributed by atoms with Crippen molar-refractivity contribution in [3.8, 4) is 5.75 Å². The minimum Gasteiger partial charge on any atom is -0.497 e. The quantitative estimate of drug-likeness (QED) is 0.227. The smallest absolute Gasteiger partial charge is 0.211 e. The normalized spacial score (nSPS) is 10.4. The molecule has 1 heterocycles.